The molecule has 0 spiro atoms. The second-order valence-corrected chi connectivity index (χ2v) is 4.33. The maximum atomic E-state index is 11.9. The summed E-state index contributed by atoms with van der Waals surface area (Å²) in [6.45, 7) is -0.268. The Morgan fingerprint density at radius 1 is 1.61 bits per heavy atom. The first kappa shape index (κ1) is 11.4. The van der Waals surface area contributed by atoms with Gasteiger partial charge in [0.15, 0.2) is 0 Å². The molecule has 1 fully saturated rings. The fourth-order valence-electron chi connectivity index (χ4n) is 2.19. The van der Waals surface area contributed by atoms with Crippen molar-refractivity contribution in [2.45, 2.75) is 24.9 Å². The van der Waals surface area contributed by atoms with Gasteiger partial charge in [-0.2, -0.15) is 0 Å². The molecule has 3 atom stereocenters. The summed E-state index contributed by atoms with van der Waals surface area (Å²) >= 11 is 0. The summed E-state index contributed by atoms with van der Waals surface area (Å²) in [6, 6.07) is 1.77. The van der Waals surface area contributed by atoms with Crippen molar-refractivity contribution in [2.75, 3.05) is 6.61 Å². The highest BCUT2D eigenvalue weighted by Crippen LogP contribution is 2.28. The third-order valence-electron chi connectivity index (χ3n) is 3.16. The van der Waals surface area contributed by atoms with Gasteiger partial charge in [0.25, 0.3) is 0 Å². The molecule has 1 saturated heterocycles. The average molecular weight is 251 g/mol. The van der Waals surface area contributed by atoms with Gasteiger partial charge in [-0.25, -0.2) is 9.78 Å². The molecule has 3 rings (SSSR count). The van der Waals surface area contributed by atoms with Crippen molar-refractivity contribution >= 4 is 0 Å². The van der Waals surface area contributed by atoms with Gasteiger partial charge in [0.2, 0.25) is 0 Å². The minimum absolute atomic E-state index is 0.268. The predicted molar refractivity (Wildman–Crippen MR) is 61.1 cm³/mol. The van der Waals surface area contributed by atoms with Crippen LogP contribution in [0.15, 0.2) is 23.3 Å². The van der Waals surface area contributed by atoms with Gasteiger partial charge < -0.3 is 14.9 Å². The summed E-state index contributed by atoms with van der Waals surface area (Å²) in [5.74, 6) is 0.522. The van der Waals surface area contributed by atoms with E-state index in [0.717, 1.165) is 5.56 Å². The molecule has 1 unspecified atom stereocenters. The molecule has 0 aromatic rings. The van der Waals surface area contributed by atoms with Crippen LogP contribution in [-0.4, -0.2) is 43.6 Å². The van der Waals surface area contributed by atoms with Crippen LogP contribution in [0.2, 0.25) is 0 Å². The largest absolute Gasteiger partial charge is 0.394 e. The Labute approximate surface area is 102 Å². The zero-order valence-electron chi connectivity index (χ0n) is 9.48. The predicted octanol–water partition coefficient (Wildman–Crippen LogP) is -0.683. The first-order valence-electron chi connectivity index (χ1n) is 5.69. The van der Waals surface area contributed by atoms with Crippen LogP contribution in [0.25, 0.3) is 11.4 Å². The second-order valence-electron chi connectivity index (χ2n) is 4.33. The van der Waals surface area contributed by atoms with E-state index in [1.165, 1.54) is 4.57 Å². The summed E-state index contributed by atoms with van der Waals surface area (Å²) in [5, 5.41) is 18.7. The summed E-state index contributed by atoms with van der Waals surface area (Å²) in [6.07, 6.45) is 1.54. The van der Waals surface area contributed by atoms with Gasteiger partial charge in [-0.1, -0.05) is 0 Å². The average Bonchev–Trinajstić information content (AvgIpc) is 2.93. The van der Waals surface area contributed by atoms with Crippen LogP contribution in [0, 0.1) is 0 Å². The zero-order chi connectivity index (χ0) is 12.7. The fourth-order valence-corrected chi connectivity index (χ4v) is 2.19. The van der Waals surface area contributed by atoms with Crippen LogP contribution >= 0.6 is 0 Å². The van der Waals surface area contributed by atoms with Crippen molar-refractivity contribution in [3.8, 4) is 11.4 Å². The molecule has 0 bridgehead atoms. The Kier molecular flexibility index (Phi) is 2.66. The first-order chi connectivity index (χ1) is 8.69. The smallest absolute Gasteiger partial charge is 0.329 e. The Balaban J connectivity index is 1.98. The molecule has 0 saturated carbocycles. The molecular weight excluding hydrogens is 238 g/mol. The number of hydrogen-bond acceptors (Lipinski definition) is 5. The Morgan fingerprint density at radius 3 is 3.17 bits per heavy atom. The molecule has 18 heavy (non-hydrogen) atoms. The molecule has 3 aliphatic heterocycles. The minimum Gasteiger partial charge on any atom is -0.394 e. The molecule has 0 radical (unpaired) electrons. The molecule has 0 aromatic heterocycles. The van der Waals surface area contributed by atoms with E-state index in [1.54, 1.807) is 18.5 Å². The molecule has 0 aromatic carbocycles. The lowest BCUT2D eigenvalue weighted by atomic mass is 10.2. The van der Waals surface area contributed by atoms with Crippen molar-refractivity contribution in [1.82, 2.24) is 14.5 Å². The third kappa shape index (κ3) is 1.72. The van der Waals surface area contributed by atoms with Crippen LogP contribution in [0.4, 0.5) is 0 Å². The highest BCUT2D eigenvalue weighted by atomic mass is 16.5. The normalized spacial score (nSPS) is 28.0. The standard InChI is InChI=1S/C11H13N3O4/c15-5-8-7(16)3-9(18-8)14-4-6-1-2-12-10(6)13-11(14)17/h1-2,4,7-9,15-16H,3,5H2,(H,12,13,17)/t7-,8?,9-/m1/s1. The highest BCUT2D eigenvalue weighted by Gasteiger charge is 2.35. The lowest BCUT2D eigenvalue weighted by Gasteiger charge is -2.15. The molecule has 7 nitrogen and oxygen atoms in total. The van der Waals surface area contributed by atoms with E-state index in [9.17, 15) is 9.90 Å². The third-order valence-corrected chi connectivity index (χ3v) is 3.16. The highest BCUT2D eigenvalue weighted by molar-refractivity contribution is 5.54. The van der Waals surface area contributed by atoms with E-state index in [4.69, 9.17) is 9.84 Å². The van der Waals surface area contributed by atoms with Crippen molar-refractivity contribution in [3.63, 3.8) is 0 Å². The van der Waals surface area contributed by atoms with Crippen LogP contribution in [0.1, 0.15) is 12.6 Å². The fraction of sp³-hybridized carbons (Fsp3) is 0.455. The number of aliphatic hydroxyl groups is 2. The van der Waals surface area contributed by atoms with Crippen molar-refractivity contribution in [2.24, 2.45) is 0 Å². The Hall–Kier alpha value is -1.70. The summed E-state index contributed by atoms with van der Waals surface area (Å²) in [5.41, 5.74) is 0.442. The maximum Gasteiger partial charge on any atom is 0.329 e. The number of rotatable bonds is 2. The molecular formula is C11H13N3O4. The van der Waals surface area contributed by atoms with Crippen molar-refractivity contribution < 1.29 is 14.9 Å². The topological polar surface area (TPSA) is 100 Å². The molecule has 0 amide bonds. The van der Waals surface area contributed by atoms with Gasteiger partial charge in [0.05, 0.1) is 12.7 Å². The van der Waals surface area contributed by atoms with E-state index >= 15 is 0 Å². The lowest BCUT2D eigenvalue weighted by Crippen LogP contribution is -2.28. The number of nitrogens with zero attached hydrogens (tertiary/aromatic N) is 2. The molecule has 0 aliphatic carbocycles. The monoisotopic (exact) mass is 251 g/mol. The van der Waals surface area contributed by atoms with Crippen LogP contribution in [-0.2, 0) is 4.74 Å². The number of nitrogens with one attached hydrogen (secondary N) is 1. The van der Waals surface area contributed by atoms with Gasteiger partial charge in [-0.05, 0) is 6.07 Å². The Bertz CT molecular complexity index is 578. The number of hydrogen-bond donors (Lipinski definition) is 3. The minimum atomic E-state index is -0.764. The molecule has 96 valence electrons. The van der Waals surface area contributed by atoms with Crippen molar-refractivity contribution in [3.05, 3.63) is 28.9 Å². The number of aromatic nitrogens is 3. The number of ether oxygens (including phenoxy) is 1. The SMILES string of the molecule is O=c1[nH]c2nccc-2cn1[C@H]1C[C@@H](O)C(CO)O1. The zero-order valence-corrected chi connectivity index (χ0v) is 9.48. The lowest BCUT2D eigenvalue weighted by molar-refractivity contribution is -0.0458. The maximum absolute atomic E-state index is 11.9. The molecule has 3 heterocycles. The van der Waals surface area contributed by atoms with Gasteiger partial charge in [0.1, 0.15) is 18.2 Å². The van der Waals surface area contributed by atoms with E-state index in [1.807, 2.05) is 0 Å². The molecule has 3 aliphatic rings. The number of aliphatic hydroxyl groups excluding tert-OH is 2. The quantitative estimate of drug-likeness (QED) is 0.656. The van der Waals surface area contributed by atoms with E-state index < -0.39 is 18.4 Å². The van der Waals surface area contributed by atoms with E-state index in [0.29, 0.717) is 5.82 Å². The van der Waals surface area contributed by atoms with Gasteiger partial charge in [-0.3, -0.25) is 9.55 Å². The van der Waals surface area contributed by atoms with Gasteiger partial charge in [-0.15, -0.1) is 0 Å². The second kappa shape index (κ2) is 4.20. The van der Waals surface area contributed by atoms with Crippen molar-refractivity contribution in [1.29, 1.82) is 0 Å². The van der Waals surface area contributed by atoms with E-state index in [2.05, 4.69) is 9.97 Å². The number of fused-ring (bicyclic) bond motifs is 1. The molecule has 3 N–H and O–H groups in total. The summed E-state index contributed by atoms with van der Waals surface area (Å²) in [7, 11) is 0. The number of H-pyrrole nitrogens is 1. The Morgan fingerprint density at radius 2 is 2.44 bits per heavy atom. The molecule has 7 heteroatoms. The van der Waals surface area contributed by atoms with Crippen LogP contribution < -0.4 is 5.69 Å². The van der Waals surface area contributed by atoms with E-state index in [-0.39, 0.29) is 18.7 Å². The first-order valence-corrected chi connectivity index (χ1v) is 5.69. The van der Waals surface area contributed by atoms with Crippen LogP contribution in [0.3, 0.4) is 0 Å². The van der Waals surface area contributed by atoms with Gasteiger partial charge in [0, 0.05) is 24.4 Å². The number of aromatic amines is 1. The summed E-state index contributed by atoms with van der Waals surface area (Å²) in [4.78, 5) is 18.5. The summed E-state index contributed by atoms with van der Waals surface area (Å²) < 4.78 is 6.82. The van der Waals surface area contributed by atoms with Gasteiger partial charge >= 0.3 is 5.69 Å². The van der Waals surface area contributed by atoms with Crippen LogP contribution in [0.5, 0.6) is 0 Å².